The average molecular weight is 347 g/mol. The third kappa shape index (κ3) is 4.79. The first-order chi connectivity index (χ1) is 11.7. The molecule has 4 nitrogen and oxygen atoms in total. The Labute approximate surface area is 145 Å². The Balaban J connectivity index is 1.37. The number of nitrogens with zero attached hydrogens (tertiary/aromatic N) is 1. The monoisotopic (exact) mass is 347 g/mol. The molecule has 3 rings (SSSR count). The number of likely N-dealkylation sites (tertiary alicyclic amines) is 1. The van der Waals surface area contributed by atoms with Crippen LogP contribution in [0.2, 0.25) is 0 Å². The van der Waals surface area contributed by atoms with Gasteiger partial charge < -0.3 is 10.6 Å². The quantitative estimate of drug-likeness (QED) is 0.861. The molecule has 128 valence electrons. The molecular weight excluding hydrogens is 325 g/mol. The van der Waals surface area contributed by atoms with Crippen LogP contribution in [0.3, 0.4) is 0 Å². The highest BCUT2D eigenvalue weighted by molar-refractivity contribution is 7.09. The number of benzene rings is 1. The Hall–Kier alpha value is -1.92. The maximum Gasteiger partial charge on any atom is 0.319 e. The second-order valence-electron chi connectivity index (χ2n) is 6.11. The molecule has 0 unspecified atom stereocenters. The summed E-state index contributed by atoms with van der Waals surface area (Å²) in [6, 6.07) is 10.1. The Morgan fingerprint density at radius 1 is 1.21 bits per heavy atom. The van der Waals surface area contributed by atoms with Gasteiger partial charge in [0.2, 0.25) is 0 Å². The number of halogens is 1. The fourth-order valence-corrected chi connectivity index (χ4v) is 3.68. The van der Waals surface area contributed by atoms with E-state index >= 15 is 0 Å². The molecule has 1 saturated heterocycles. The molecule has 2 aromatic rings. The minimum Gasteiger partial charge on any atom is -0.338 e. The predicted octanol–water partition coefficient (Wildman–Crippen LogP) is 3.92. The van der Waals surface area contributed by atoms with Gasteiger partial charge in [-0.05, 0) is 55.4 Å². The summed E-state index contributed by atoms with van der Waals surface area (Å²) in [7, 11) is 0. The van der Waals surface area contributed by atoms with Crippen molar-refractivity contribution in [3.05, 3.63) is 52.5 Å². The lowest BCUT2D eigenvalue weighted by Crippen LogP contribution is -2.39. The van der Waals surface area contributed by atoms with E-state index in [0.29, 0.717) is 12.5 Å². The summed E-state index contributed by atoms with van der Waals surface area (Å²) in [6.45, 7) is 3.76. The van der Waals surface area contributed by atoms with Crippen molar-refractivity contribution in [1.82, 2.24) is 10.2 Å². The molecule has 1 aliphatic rings. The van der Waals surface area contributed by atoms with E-state index in [1.807, 2.05) is 0 Å². The molecule has 1 aliphatic heterocycles. The molecule has 0 spiro atoms. The standard InChI is InChI=1S/C18H22FN3OS/c19-16-5-1-2-6-17(16)21-18(23)20-12-14-7-9-22(10-8-14)13-15-4-3-11-24-15/h1-6,11,14H,7-10,12-13H2,(H2,20,21,23). The fraction of sp³-hybridized carbons (Fsp3) is 0.389. The van der Waals surface area contributed by atoms with Crippen molar-refractivity contribution in [1.29, 1.82) is 0 Å². The topological polar surface area (TPSA) is 44.4 Å². The maximum absolute atomic E-state index is 13.5. The molecular formula is C18H22FN3OS. The lowest BCUT2D eigenvalue weighted by atomic mass is 9.97. The summed E-state index contributed by atoms with van der Waals surface area (Å²) in [4.78, 5) is 15.7. The lowest BCUT2D eigenvalue weighted by Gasteiger charge is -2.31. The Kier molecular flexibility index (Phi) is 5.82. The van der Waals surface area contributed by atoms with E-state index < -0.39 is 5.82 Å². The summed E-state index contributed by atoms with van der Waals surface area (Å²) in [5.74, 6) is 0.0606. The van der Waals surface area contributed by atoms with Gasteiger partial charge in [-0.25, -0.2) is 9.18 Å². The van der Waals surface area contributed by atoms with Gasteiger partial charge in [-0.3, -0.25) is 4.90 Å². The van der Waals surface area contributed by atoms with Gasteiger partial charge in [-0.1, -0.05) is 18.2 Å². The Bertz CT molecular complexity index is 654. The van der Waals surface area contributed by atoms with Gasteiger partial charge in [-0.2, -0.15) is 0 Å². The largest absolute Gasteiger partial charge is 0.338 e. The molecule has 2 N–H and O–H groups in total. The van der Waals surface area contributed by atoms with Crippen LogP contribution in [0.15, 0.2) is 41.8 Å². The van der Waals surface area contributed by atoms with Gasteiger partial charge in [0, 0.05) is 18.0 Å². The number of carbonyl (C=O) groups is 1. The van der Waals surface area contributed by atoms with E-state index in [0.717, 1.165) is 32.5 Å². The van der Waals surface area contributed by atoms with Gasteiger partial charge in [0.25, 0.3) is 0 Å². The maximum atomic E-state index is 13.5. The normalized spacial score (nSPS) is 16.0. The number of hydrogen-bond donors (Lipinski definition) is 2. The average Bonchev–Trinajstić information content (AvgIpc) is 3.09. The first-order valence-electron chi connectivity index (χ1n) is 8.25. The van der Waals surface area contributed by atoms with Gasteiger partial charge >= 0.3 is 6.03 Å². The van der Waals surface area contributed by atoms with Crippen LogP contribution in [0, 0.1) is 11.7 Å². The fourth-order valence-electron chi connectivity index (χ4n) is 2.94. The van der Waals surface area contributed by atoms with E-state index in [2.05, 4.69) is 33.0 Å². The van der Waals surface area contributed by atoms with Crippen molar-refractivity contribution in [2.75, 3.05) is 25.0 Å². The lowest BCUT2D eigenvalue weighted by molar-refractivity contribution is 0.177. The summed E-state index contributed by atoms with van der Waals surface area (Å²) in [5.41, 5.74) is 0.209. The second kappa shape index (κ2) is 8.26. The van der Waals surface area contributed by atoms with Crippen LogP contribution in [0.4, 0.5) is 14.9 Å². The van der Waals surface area contributed by atoms with Crippen LogP contribution >= 0.6 is 11.3 Å². The predicted molar refractivity (Wildman–Crippen MR) is 95.7 cm³/mol. The van der Waals surface area contributed by atoms with Crippen molar-refractivity contribution >= 4 is 23.1 Å². The summed E-state index contributed by atoms with van der Waals surface area (Å²) in [5, 5.41) is 7.52. The van der Waals surface area contributed by atoms with Crippen LogP contribution in [-0.4, -0.2) is 30.6 Å². The number of thiophene rings is 1. The molecule has 1 aromatic carbocycles. The summed E-state index contributed by atoms with van der Waals surface area (Å²) >= 11 is 1.80. The molecule has 1 aromatic heterocycles. The van der Waals surface area contributed by atoms with Gasteiger partial charge in [0.05, 0.1) is 5.69 Å². The SMILES string of the molecule is O=C(NCC1CCN(Cc2cccs2)CC1)Nc1ccccc1F. The molecule has 2 amide bonds. The highest BCUT2D eigenvalue weighted by atomic mass is 32.1. The first kappa shape index (κ1) is 16.9. The molecule has 1 fully saturated rings. The minimum atomic E-state index is -0.422. The van der Waals surface area contributed by atoms with E-state index in [-0.39, 0.29) is 11.7 Å². The van der Waals surface area contributed by atoms with Crippen LogP contribution in [0.5, 0.6) is 0 Å². The van der Waals surface area contributed by atoms with Crippen LogP contribution < -0.4 is 10.6 Å². The van der Waals surface area contributed by atoms with Crippen molar-refractivity contribution < 1.29 is 9.18 Å². The van der Waals surface area contributed by atoms with Crippen LogP contribution in [0.25, 0.3) is 0 Å². The third-order valence-corrected chi connectivity index (χ3v) is 5.20. The minimum absolute atomic E-state index is 0.209. The Morgan fingerprint density at radius 3 is 2.71 bits per heavy atom. The third-order valence-electron chi connectivity index (χ3n) is 4.34. The van der Waals surface area contributed by atoms with Crippen molar-refractivity contribution in [3.8, 4) is 0 Å². The molecule has 24 heavy (non-hydrogen) atoms. The van der Waals surface area contributed by atoms with Gasteiger partial charge in [0.1, 0.15) is 5.82 Å². The Morgan fingerprint density at radius 2 is 2.00 bits per heavy atom. The second-order valence-corrected chi connectivity index (χ2v) is 7.15. The van der Waals surface area contributed by atoms with Gasteiger partial charge in [0.15, 0.2) is 0 Å². The number of nitrogens with one attached hydrogen (secondary N) is 2. The smallest absolute Gasteiger partial charge is 0.319 e. The zero-order chi connectivity index (χ0) is 16.8. The number of urea groups is 1. The van der Waals surface area contributed by atoms with E-state index in [1.165, 1.54) is 10.9 Å². The molecule has 6 heteroatoms. The number of hydrogen-bond acceptors (Lipinski definition) is 3. The number of para-hydroxylation sites is 1. The van der Waals surface area contributed by atoms with Gasteiger partial charge in [-0.15, -0.1) is 11.3 Å². The molecule has 0 aliphatic carbocycles. The van der Waals surface area contributed by atoms with E-state index in [9.17, 15) is 9.18 Å². The van der Waals surface area contributed by atoms with E-state index in [1.54, 1.807) is 29.5 Å². The van der Waals surface area contributed by atoms with Crippen molar-refractivity contribution in [2.24, 2.45) is 5.92 Å². The van der Waals surface area contributed by atoms with E-state index in [4.69, 9.17) is 0 Å². The molecule has 0 bridgehead atoms. The number of rotatable bonds is 5. The highest BCUT2D eigenvalue weighted by Gasteiger charge is 2.20. The summed E-state index contributed by atoms with van der Waals surface area (Å²) < 4.78 is 13.5. The molecule has 0 saturated carbocycles. The van der Waals surface area contributed by atoms with Crippen molar-refractivity contribution in [2.45, 2.75) is 19.4 Å². The summed E-state index contributed by atoms with van der Waals surface area (Å²) in [6.07, 6.45) is 2.15. The number of amides is 2. The number of carbonyl (C=O) groups excluding carboxylic acids is 1. The van der Waals surface area contributed by atoms with Crippen molar-refractivity contribution in [3.63, 3.8) is 0 Å². The molecule has 2 heterocycles. The number of anilines is 1. The van der Waals surface area contributed by atoms with Crippen LogP contribution in [0.1, 0.15) is 17.7 Å². The first-order valence-corrected chi connectivity index (χ1v) is 9.13. The zero-order valence-corrected chi connectivity index (χ0v) is 14.3. The van der Waals surface area contributed by atoms with Crippen LogP contribution in [-0.2, 0) is 6.54 Å². The zero-order valence-electron chi connectivity index (χ0n) is 13.5. The highest BCUT2D eigenvalue weighted by Crippen LogP contribution is 2.20. The molecule has 0 radical (unpaired) electrons. The molecule has 0 atom stereocenters. The number of piperidine rings is 1.